The van der Waals surface area contributed by atoms with Crippen molar-refractivity contribution < 1.29 is 0 Å². The Bertz CT molecular complexity index is 104. The summed E-state index contributed by atoms with van der Waals surface area (Å²) in [7, 11) is 0. The molecule has 0 atom stereocenters. The van der Waals surface area contributed by atoms with E-state index in [1.165, 1.54) is 0 Å². The van der Waals surface area contributed by atoms with Gasteiger partial charge in [-0.2, -0.15) is 0 Å². The van der Waals surface area contributed by atoms with Gasteiger partial charge in [0.25, 0.3) is 0 Å². The van der Waals surface area contributed by atoms with Gasteiger partial charge in [0, 0.05) is 5.57 Å². The van der Waals surface area contributed by atoms with Gasteiger partial charge in [0.2, 0.25) is 0 Å². The molecule has 0 heterocycles. The van der Waals surface area contributed by atoms with Gasteiger partial charge in [-0.3, -0.25) is 0 Å². The molecule has 1 radical (unpaired) electrons. The van der Waals surface area contributed by atoms with Crippen LogP contribution >= 0.6 is 0 Å². The molecule has 0 aromatic heterocycles. The van der Waals surface area contributed by atoms with Gasteiger partial charge in [0.15, 0.2) is 0 Å². The van der Waals surface area contributed by atoms with Gasteiger partial charge in [-0.15, -0.1) is 5.73 Å². The van der Waals surface area contributed by atoms with Crippen LogP contribution in [-0.2, 0) is 0 Å². The average Bonchev–Trinajstić information content (AvgIpc) is 2.12. The normalized spacial score (nSPS) is 14.8. The van der Waals surface area contributed by atoms with E-state index in [0.29, 0.717) is 0 Å². The van der Waals surface area contributed by atoms with Crippen LogP contribution in [0, 0.1) is 6.08 Å². The lowest BCUT2D eigenvalue weighted by molar-refractivity contribution is 2.06. The molecule has 0 amide bonds. The summed E-state index contributed by atoms with van der Waals surface area (Å²) >= 11 is 0. The third kappa shape index (κ3) is 0.285. The van der Waals surface area contributed by atoms with Gasteiger partial charge in [-0.05, 0) is 12.2 Å². The number of rotatable bonds is 0. The summed E-state index contributed by atoms with van der Waals surface area (Å²) in [5.74, 6) is 0. The van der Waals surface area contributed by atoms with Gasteiger partial charge in [-0.25, -0.2) is 0 Å². The van der Waals surface area contributed by atoms with Crippen LogP contribution in [0.5, 0.6) is 0 Å². The summed E-state index contributed by atoms with van der Waals surface area (Å²) < 4.78 is 0. The highest BCUT2D eigenvalue weighted by Crippen LogP contribution is 2.07. The van der Waals surface area contributed by atoms with Crippen LogP contribution in [0.4, 0.5) is 0 Å². The summed E-state index contributed by atoms with van der Waals surface area (Å²) in [5.41, 5.74) is 3.66. The molecule has 0 fully saturated rings. The van der Waals surface area contributed by atoms with Crippen molar-refractivity contribution in [3.05, 3.63) is 30.0 Å². The predicted molar refractivity (Wildman–Crippen MR) is 20.5 cm³/mol. The van der Waals surface area contributed by atoms with Crippen molar-refractivity contribution in [1.82, 2.24) is 0 Å². The van der Waals surface area contributed by atoms with E-state index < -0.39 is 0 Å². The Morgan fingerprint density at radius 1 is 2.00 bits per heavy atom. The van der Waals surface area contributed by atoms with Crippen molar-refractivity contribution >= 4 is 0 Å². The highest BCUT2D eigenvalue weighted by Gasteiger charge is 1.92. The van der Waals surface area contributed by atoms with Crippen LogP contribution in [0.2, 0.25) is 0 Å². The Kier molecular flexibility index (Phi) is 0.300. The molecule has 0 nitrogen and oxygen atoms in total. The molecule has 0 heteroatoms. The SMILES string of the molecule is C=C=C1[C]=C1. The van der Waals surface area contributed by atoms with E-state index in [9.17, 15) is 0 Å². The topological polar surface area (TPSA) is 0 Å². The maximum Gasteiger partial charge on any atom is 0.0244 e. The molecule has 1 aliphatic rings. The second kappa shape index (κ2) is 0.602. The summed E-state index contributed by atoms with van der Waals surface area (Å²) in [5, 5.41) is 0. The molecular formula is C5H3. The minimum Gasteiger partial charge on any atom is -0.120 e. The maximum atomic E-state index is 3.37. The zero-order valence-electron chi connectivity index (χ0n) is 2.78. The predicted octanol–water partition coefficient (Wildman–Crippen LogP) is 1.07. The highest BCUT2D eigenvalue weighted by atomic mass is 13.9. The minimum atomic E-state index is 1.02. The molecular weight excluding hydrogens is 60.1 g/mol. The van der Waals surface area contributed by atoms with Crippen LogP contribution in [0.15, 0.2) is 24.0 Å². The number of hydrogen-bond donors (Lipinski definition) is 0. The first kappa shape index (κ1) is 2.49. The monoisotopic (exact) mass is 63.0 g/mol. The van der Waals surface area contributed by atoms with Crippen LogP contribution < -0.4 is 0 Å². The van der Waals surface area contributed by atoms with E-state index in [-0.39, 0.29) is 0 Å². The fourth-order valence-electron chi connectivity index (χ4n) is 0.138. The van der Waals surface area contributed by atoms with Crippen molar-refractivity contribution in [1.29, 1.82) is 0 Å². The molecule has 0 aromatic rings. The molecule has 5 heavy (non-hydrogen) atoms. The van der Waals surface area contributed by atoms with Crippen molar-refractivity contribution in [2.45, 2.75) is 0 Å². The van der Waals surface area contributed by atoms with Gasteiger partial charge >= 0.3 is 0 Å². The minimum absolute atomic E-state index is 1.02. The highest BCUT2D eigenvalue weighted by molar-refractivity contribution is 5.38. The fourth-order valence-corrected chi connectivity index (χ4v) is 0.138. The Balaban J connectivity index is 2.90. The largest absolute Gasteiger partial charge is 0.120 e. The molecule has 0 saturated heterocycles. The van der Waals surface area contributed by atoms with Gasteiger partial charge < -0.3 is 0 Å². The Labute approximate surface area is 31.1 Å². The van der Waals surface area contributed by atoms with E-state index in [1.807, 2.05) is 6.08 Å². The second-order valence-electron chi connectivity index (χ2n) is 0.879. The summed E-state index contributed by atoms with van der Waals surface area (Å²) in [4.78, 5) is 0. The molecule has 0 bridgehead atoms. The van der Waals surface area contributed by atoms with Crippen LogP contribution in [0.1, 0.15) is 0 Å². The molecule has 1 rings (SSSR count). The van der Waals surface area contributed by atoms with E-state index in [2.05, 4.69) is 18.4 Å². The zero-order chi connectivity index (χ0) is 3.70. The van der Waals surface area contributed by atoms with Crippen molar-refractivity contribution in [3.63, 3.8) is 0 Å². The summed E-state index contributed by atoms with van der Waals surface area (Å²) in [6.07, 6.45) is 4.64. The van der Waals surface area contributed by atoms with Crippen molar-refractivity contribution in [2.24, 2.45) is 0 Å². The average molecular weight is 63.1 g/mol. The smallest absolute Gasteiger partial charge is 0.0244 e. The lowest BCUT2D eigenvalue weighted by atomic mass is 10.6. The van der Waals surface area contributed by atoms with Crippen LogP contribution in [0.3, 0.4) is 0 Å². The molecule has 0 unspecified atom stereocenters. The standard InChI is InChI=1S/C5H3/c1-2-5-3-4-5/h3H,1H2. The summed E-state index contributed by atoms with van der Waals surface area (Å²) in [6.45, 7) is 3.37. The first-order valence-corrected chi connectivity index (χ1v) is 1.43. The third-order valence-corrected chi connectivity index (χ3v) is 0.479. The van der Waals surface area contributed by atoms with E-state index in [4.69, 9.17) is 0 Å². The van der Waals surface area contributed by atoms with Gasteiger partial charge in [0.1, 0.15) is 0 Å². The van der Waals surface area contributed by atoms with Crippen molar-refractivity contribution in [2.75, 3.05) is 0 Å². The molecule has 0 aromatic carbocycles. The van der Waals surface area contributed by atoms with Gasteiger partial charge in [-0.1, -0.05) is 6.58 Å². The molecule has 0 spiro atoms. The second-order valence-corrected chi connectivity index (χ2v) is 0.879. The van der Waals surface area contributed by atoms with E-state index in [0.717, 1.165) is 5.57 Å². The quantitative estimate of drug-likeness (QED) is 0.369. The maximum absolute atomic E-state index is 3.37. The fraction of sp³-hybridized carbons (Fsp3) is 0. The number of hydrogen-bond acceptors (Lipinski definition) is 0. The molecule has 1 aliphatic carbocycles. The van der Waals surface area contributed by atoms with Crippen LogP contribution in [-0.4, -0.2) is 0 Å². The third-order valence-electron chi connectivity index (χ3n) is 0.479. The molecule has 23 valence electrons. The van der Waals surface area contributed by atoms with Gasteiger partial charge in [0.05, 0.1) is 0 Å². The number of allylic oxidation sites excluding steroid dienone is 3. The van der Waals surface area contributed by atoms with Crippen LogP contribution in [0.25, 0.3) is 0 Å². The Hall–Kier alpha value is -0.740. The zero-order valence-corrected chi connectivity index (χ0v) is 2.78. The molecule has 0 saturated carbocycles. The Morgan fingerprint density at radius 2 is 2.60 bits per heavy atom. The van der Waals surface area contributed by atoms with E-state index in [1.54, 1.807) is 0 Å². The first-order valence-electron chi connectivity index (χ1n) is 1.43. The lowest BCUT2D eigenvalue weighted by Gasteiger charge is -1.44. The molecule has 0 N–H and O–H groups in total. The Morgan fingerprint density at radius 3 is 2.60 bits per heavy atom. The first-order chi connectivity index (χ1) is 2.43. The summed E-state index contributed by atoms with van der Waals surface area (Å²) in [6, 6.07) is 0. The molecule has 0 aliphatic heterocycles. The lowest BCUT2D eigenvalue weighted by Crippen LogP contribution is -1.27. The van der Waals surface area contributed by atoms with E-state index >= 15 is 0 Å². The van der Waals surface area contributed by atoms with Crippen molar-refractivity contribution in [3.8, 4) is 0 Å².